The van der Waals surface area contributed by atoms with Crippen LogP contribution in [-0.4, -0.2) is 37.7 Å². The number of nitrogens with one attached hydrogen (secondary N) is 2. The van der Waals surface area contributed by atoms with Crippen molar-refractivity contribution in [3.05, 3.63) is 59.7 Å². The van der Waals surface area contributed by atoms with Crippen molar-refractivity contribution in [2.75, 3.05) is 26.0 Å². The lowest BCUT2D eigenvalue weighted by atomic mass is 10.0. The number of aryl methyl sites for hydroxylation is 1. The maximum absolute atomic E-state index is 12.2. The molecule has 0 saturated carbocycles. The number of hydrogen-bond acceptors (Lipinski definition) is 3. The third kappa shape index (κ3) is 6.08. The summed E-state index contributed by atoms with van der Waals surface area (Å²) in [7, 11) is 4.02. The molecule has 1 unspecified atom stereocenters. The number of likely N-dealkylation sites (N-methyl/N-ethyl adjacent to an activating group) is 1. The van der Waals surface area contributed by atoms with Gasteiger partial charge in [0.25, 0.3) is 0 Å². The van der Waals surface area contributed by atoms with E-state index in [4.69, 9.17) is 4.74 Å². The molecule has 0 radical (unpaired) electrons. The van der Waals surface area contributed by atoms with Crippen LogP contribution in [0.25, 0.3) is 0 Å². The Morgan fingerprint density at radius 3 is 2.19 bits per heavy atom. The highest BCUT2D eigenvalue weighted by atomic mass is 16.5. The molecule has 0 heterocycles. The van der Waals surface area contributed by atoms with E-state index in [1.165, 1.54) is 11.1 Å². The predicted molar refractivity (Wildman–Crippen MR) is 107 cm³/mol. The van der Waals surface area contributed by atoms with Crippen LogP contribution in [0.1, 0.15) is 31.0 Å². The monoisotopic (exact) mass is 355 g/mol. The van der Waals surface area contributed by atoms with Crippen molar-refractivity contribution in [1.29, 1.82) is 0 Å². The molecule has 5 heteroatoms. The molecule has 2 N–H and O–H groups in total. The Morgan fingerprint density at radius 2 is 1.65 bits per heavy atom. The first-order chi connectivity index (χ1) is 12.3. The number of hydrogen-bond donors (Lipinski definition) is 2. The molecule has 26 heavy (non-hydrogen) atoms. The maximum atomic E-state index is 12.2. The molecule has 0 aliphatic rings. The fourth-order valence-corrected chi connectivity index (χ4v) is 2.64. The number of carbonyl (C=O) groups excluding carboxylic acids is 1. The second-order valence-corrected chi connectivity index (χ2v) is 6.92. The predicted octanol–water partition coefficient (Wildman–Crippen LogP) is 4.21. The fraction of sp³-hybridized carbons (Fsp3) is 0.381. The van der Waals surface area contributed by atoms with Crippen molar-refractivity contribution in [2.24, 2.45) is 0 Å². The van der Waals surface area contributed by atoms with Gasteiger partial charge >= 0.3 is 6.03 Å². The van der Waals surface area contributed by atoms with Crippen molar-refractivity contribution in [2.45, 2.75) is 32.9 Å². The van der Waals surface area contributed by atoms with E-state index in [0.717, 1.165) is 11.4 Å². The quantitative estimate of drug-likeness (QED) is 0.782. The molecule has 0 bridgehead atoms. The lowest BCUT2D eigenvalue weighted by molar-refractivity contribution is 0.241. The molecule has 5 nitrogen and oxygen atoms in total. The second-order valence-electron chi connectivity index (χ2n) is 6.92. The summed E-state index contributed by atoms with van der Waals surface area (Å²) < 4.78 is 5.60. The summed E-state index contributed by atoms with van der Waals surface area (Å²) in [4.78, 5) is 14.3. The molecular weight excluding hydrogens is 326 g/mol. The summed E-state index contributed by atoms with van der Waals surface area (Å²) in [5.74, 6) is 0.790. The summed E-state index contributed by atoms with van der Waals surface area (Å²) in [5, 5.41) is 5.80. The largest absolute Gasteiger partial charge is 0.491 e. The smallest absolute Gasteiger partial charge is 0.319 e. The van der Waals surface area contributed by atoms with E-state index in [-0.39, 0.29) is 18.2 Å². The molecule has 0 aromatic heterocycles. The molecule has 0 fully saturated rings. The van der Waals surface area contributed by atoms with Gasteiger partial charge in [-0.1, -0.05) is 29.8 Å². The van der Waals surface area contributed by atoms with Crippen LogP contribution in [0.3, 0.4) is 0 Å². The first-order valence-electron chi connectivity index (χ1n) is 8.89. The number of anilines is 1. The molecule has 2 aromatic rings. The summed E-state index contributed by atoms with van der Waals surface area (Å²) in [6.45, 7) is 6.55. The lowest BCUT2D eigenvalue weighted by Gasteiger charge is -2.25. The van der Waals surface area contributed by atoms with Crippen LogP contribution in [0.5, 0.6) is 5.75 Å². The first kappa shape index (κ1) is 19.8. The highest BCUT2D eigenvalue weighted by molar-refractivity contribution is 5.89. The lowest BCUT2D eigenvalue weighted by Crippen LogP contribution is -2.36. The molecule has 1 atom stereocenters. The zero-order valence-corrected chi connectivity index (χ0v) is 16.2. The molecular formula is C21H29N3O2. The number of rotatable bonds is 7. The maximum Gasteiger partial charge on any atom is 0.319 e. The zero-order chi connectivity index (χ0) is 19.1. The number of benzene rings is 2. The van der Waals surface area contributed by atoms with E-state index in [0.29, 0.717) is 6.54 Å². The second kappa shape index (κ2) is 9.25. The molecule has 0 spiro atoms. The van der Waals surface area contributed by atoms with Gasteiger partial charge in [-0.05, 0) is 64.7 Å². The Hall–Kier alpha value is -2.53. The molecule has 2 aromatic carbocycles. The standard InChI is InChI=1S/C21H29N3O2/c1-15(2)26-19-12-10-18(11-13-19)23-21(25)22-14-20(24(4)5)17-8-6-16(3)7-9-17/h6-13,15,20H,14H2,1-5H3,(H2,22,23,25). The number of urea groups is 1. The van der Waals surface area contributed by atoms with Crippen molar-refractivity contribution >= 4 is 11.7 Å². The van der Waals surface area contributed by atoms with E-state index < -0.39 is 0 Å². The van der Waals surface area contributed by atoms with Crippen LogP contribution in [0.15, 0.2) is 48.5 Å². The average Bonchev–Trinajstić information content (AvgIpc) is 2.57. The molecule has 0 aliphatic heterocycles. The third-order valence-electron chi connectivity index (χ3n) is 4.03. The van der Waals surface area contributed by atoms with Crippen molar-refractivity contribution in [3.8, 4) is 5.75 Å². The summed E-state index contributed by atoms with van der Waals surface area (Å²) in [5.41, 5.74) is 3.13. The number of carbonyl (C=O) groups is 1. The van der Waals surface area contributed by atoms with Crippen LogP contribution in [0.2, 0.25) is 0 Å². The Balaban J connectivity index is 1.90. The van der Waals surface area contributed by atoms with Gasteiger partial charge in [0.15, 0.2) is 0 Å². The van der Waals surface area contributed by atoms with Crippen LogP contribution < -0.4 is 15.4 Å². The van der Waals surface area contributed by atoms with Gasteiger partial charge in [0.05, 0.1) is 12.1 Å². The molecule has 0 aliphatic carbocycles. The van der Waals surface area contributed by atoms with E-state index in [1.54, 1.807) is 0 Å². The Kier molecular flexibility index (Phi) is 7.04. The Morgan fingerprint density at radius 1 is 1.04 bits per heavy atom. The number of ether oxygens (including phenoxy) is 1. The number of nitrogens with zero attached hydrogens (tertiary/aromatic N) is 1. The van der Waals surface area contributed by atoms with Crippen LogP contribution in [0, 0.1) is 6.92 Å². The summed E-state index contributed by atoms with van der Waals surface area (Å²) in [6, 6.07) is 15.7. The third-order valence-corrected chi connectivity index (χ3v) is 4.03. The van der Waals surface area contributed by atoms with Crippen molar-refractivity contribution in [1.82, 2.24) is 10.2 Å². The van der Waals surface area contributed by atoms with Gasteiger partial charge in [0, 0.05) is 12.2 Å². The minimum Gasteiger partial charge on any atom is -0.491 e. The van der Waals surface area contributed by atoms with E-state index in [9.17, 15) is 4.79 Å². The van der Waals surface area contributed by atoms with E-state index >= 15 is 0 Å². The van der Waals surface area contributed by atoms with E-state index in [1.807, 2.05) is 52.2 Å². The summed E-state index contributed by atoms with van der Waals surface area (Å²) in [6.07, 6.45) is 0.127. The highest BCUT2D eigenvalue weighted by Crippen LogP contribution is 2.19. The Bertz CT molecular complexity index is 694. The average molecular weight is 355 g/mol. The van der Waals surface area contributed by atoms with E-state index in [2.05, 4.69) is 46.7 Å². The van der Waals surface area contributed by atoms with Gasteiger partial charge < -0.3 is 20.3 Å². The molecule has 2 rings (SSSR count). The van der Waals surface area contributed by atoms with Gasteiger partial charge in [0.2, 0.25) is 0 Å². The normalized spacial score (nSPS) is 12.1. The SMILES string of the molecule is Cc1ccc(C(CNC(=O)Nc2ccc(OC(C)C)cc2)N(C)C)cc1. The van der Waals surface area contributed by atoms with Crippen molar-refractivity contribution in [3.63, 3.8) is 0 Å². The van der Waals surface area contributed by atoms with Gasteiger partial charge in [-0.15, -0.1) is 0 Å². The number of amides is 2. The minimum atomic E-state index is -0.221. The molecule has 140 valence electrons. The molecule has 2 amide bonds. The minimum absolute atomic E-state index is 0.114. The highest BCUT2D eigenvalue weighted by Gasteiger charge is 2.15. The molecule has 0 saturated heterocycles. The zero-order valence-electron chi connectivity index (χ0n) is 16.2. The van der Waals surface area contributed by atoms with Gasteiger partial charge in [-0.2, -0.15) is 0 Å². The van der Waals surface area contributed by atoms with Crippen molar-refractivity contribution < 1.29 is 9.53 Å². The van der Waals surface area contributed by atoms with Crippen LogP contribution in [0.4, 0.5) is 10.5 Å². The van der Waals surface area contributed by atoms with Crippen LogP contribution in [-0.2, 0) is 0 Å². The van der Waals surface area contributed by atoms with Gasteiger partial charge in [-0.25, -0.2) is 4.79 Å². The van der Waals surface area contributed by atoms with Gasteiger partial charge in [0.1, 0.15) is 5.75 Å². The van der Waals surface area contributed by atoms with Crippen LogP contribution >= 0.6 is 0 Å². The first-order valence-corrected chi connectivity index (χ1v) is 8.89. The topological polar surface area (TPSA) is 53.6 Å². The fourth-order valence-electron chi connectivity index (χ4n) is 2.64. The Labute approximate surface area is 156 Å². The summed E-state index contributed by atoms with van der Waals surface area (Å²) >= 11 is 0. The van der Waals surface area contributed by atoms with Gasteiger partial charge in [-0.3, -0.25) is 0 Å².